The number of benzene rings is 2. The molecule has 0 N–H and O–H groups in total. The molecule has 25 heavy (non-hydrogen) atoms. The van der Waals surface area contributed by atoms with Gasteiger partial charge in [0.15, 0.2) is 0 Å². The van der Waals surface area contributed by atoms with Crippen LogP contribution in [0.3, 0.4) is 0 Å². The Labute approximate surface area is 148 Å². The van der Waals surface area contributed by atoms with E-state index in [4.69, 9.17) is 0 Å². The highest BCUT2D eigenvalue weighted by Crippen LogP contribution is 2.31. The molecule has 1 heterocycles. The topological polar surface area (TPSA) is 57.7 Å². The second-order valence-corrected chi connectivity index (χ2v) is 8.42. The van der Waals surface area contributed by atoms with Crippen LogP contribution in [0.25, 0.3) is 0 Å². The molecule has 1 aliphatic rings. The summed E-state index contributed by atoms with van der Waals surface area (Å²) in [5.74, 6) is -0.0659. The molecule has 0 radical (unpaired) electrons. The first kappa shape index (κ1) is 17.5. The standard InChI is InChI=1S/C19H22N2O3S/c1-14-6-4-5-7-17(14)13-20(2)19(22)16-8-9-18-15(12-16)10-11-21(18)25(3,23)24/h4-9,12H,10-11,13H2,1-3H3. The van der Waals surface area contributed by atoms with Gasteiger partial charge in [0, 0.05) is 25.7 Å². The quantitative estimate of drug-likeness (QED) is 0.844. The first-order valence-corrected chi connectivity index (χ1v) is 10.0. The minimum Gasteiger partial charge on any atom is -0.337 e. The molecule has 1 amide bonds. The van der Waals surface area contributed by atoms with Gasteiger partial charge in [-0.15, -0.1) is 0 Å². The van der Waals surface area contributed by atoms with Crippen molar-refractivity contribution in [3.05, 3.63) is 64.7 Å². The van der Waals surface area contributed by atoms with Gasteiger partial charge in [-0.1, -0.05) is 24.3 Å². The Morgan fingerprint density at radius 1 is 1.20 bits per heavy atom. The van der Waals surface area contributed by atoms with Crippen LogP contribution in [0.2, 0.25) is 0 Å². The molecule has 132 valence electrons. The number of carbonyl (C=O) groups is 1. The highest BCUT2D eigenvalue weighted by molar-refractivity contribution is 7.92. The molecule has 3 rings (SSSR count). The van der Waals surface area contributed by atoms with Crippen molar-refractivity contribution in [3.8, 4) is 0 Å². The number of rotatable bonds is 4. The van der Waals surface area contributed by atoms with Crippen LogP contribution in [0.5, 0.6) is 0 Å². The van der Waals surface area contributed by atoms with Crippen LogP contribution >= 0.6 is 0 Å². The maximum atomic E-state index is 12.7. The summed E-state index contributed by atoms with van der Waals surface area (Å²) in [4.78, 5) is 14.4. The predicted molar refractivity (Wildman–Crippen MR) is 99.3 cm³/mol. The number of anilines is 1. The smallest absolute Gasteiger partial charge is 0.253 e. The molecule has 0 saturated carbocycles. The van der Waals surface area contributed by atoms with Crippen molar-refractivity contribution in [1.29, 1.82) is 0 Å². The monoisotopic (exact) mass is 358 g/mol. The van der Waals surface area contributed by atoms with E-state index in [0.29, 0.717) is 30.8 Å². The second-order valence-electron chi connectivity index (χ2n) is 6.52. The van der Waals surface area contributed by atoms with Crippen molar-refractivity contribution in [2.45, 2.75) is 19.9 Å². The van der Waals surface area contributed by atoms with E-state index < -0.39 is 10.0 Å². The molecule has 0 aromatic heterocycles. The fourth-order valence-electron chi connectivity index (χ4n) is 3.18. The zero-order valence-corrected chi connectivity index (χ0v) is 15.5. The van der Waals surface area contributed by atoms with Gasteiger partial charge < -0.3 is 4.90 Å². The molecule has 6 heteroatoms. The molecule has 0 saturated heterocycles. The number of aryl methyl sites for hydroxylation is 1. The first-order chi connectivity index (χ1) is 11.8. The molecular formula is C19H22N2O3S. The van der Waals surface area contributed by atoms with Gasteiger partial charge in [-0.2, -0.15) is 0 Å². The molecule has 0 spiro atoms. The number of nitrogens with zero attached hydrogens (tertiary/aromatic N) is 2. The van der Waals surface area contributed by atoms with Crippen LogP contribution in [0.4, 0.5) is 5.69 Å². The van der Waals surface area contributed by atoms with Crippen LogP contribution < -0.4 is 4.31 Å². The number of hydrogen-bond acceptors (Lipinski definition) is 3. The summed E-state index contributed by atoms with van der Waals surface area (Å²) >= 11 is 0. The lowest BCUT2D eigenvalue weighted by Gasteiger charge is -2.20. The Balaban J connectivity index is 1.81. The highest BCUT2D eigenvalue weighted by atomic mass is 32.2. The summed E-state index contributed by atoms with van der Waals surface area (Å²) in [6.45, 7) is 3.01. The van der Waals surface area contributed by atoms with Gasteiger partial charge in [-0.3, -0.25) is 9.10 Å². The molecule has 2 aromatic rings. The van der Waals surface area contributed by atoms with Gasteiger partial charge in [0.1, 0.15) is 0 Å². The van der Waals surface area contributed by atoms with Crippen molar-refractivity contribution in [1.82, 2.24) is 4.90 Å². The Morgan fingerprint density at radius 2 is 1.92 bits per heavy atom. The van der Waals surface area contributed by atoms with Gasteiger partial charge in [0.25, 0.3) is 5.91 Å². The average molecular weight is 358 g/mol. The molecule has 0 atom stereocenters. The van der Waals surface area contributed by atoms with E-state index in [1.807, 2.05) is 37.3 Å². The van der Waals surface area contributed by atoms with Crippen molar-refractivity contribution in [2.75, 3.05) is 24.2 Å². The molecule has 2 aromatic carbocycles. The molecular weight excluding hydrogens is 336 g/mol. The van der Waals surface area contributed by atoms with Crippen molar-refractivity contribution < 1.29 is 13.2 Å². The van der Waals surface area contributed by atoms with E-state index in [-0.39, 0.29) is 5.91 Å². The lowest BCUT2D eigenvalue weighted by atomic mass is 10.1. The molecule has 1 aliphatic heterocycles. The lowest BCUT2D eigenvalue weighted by Crippen LogP contribution is -2.28. The maximum Gasteiger partial charge on any atom is 0.253 e. The van der Waals surface area contributed by atoms with E-state index in [9.17, 15) is 13.2 Å². The lowest BCUT2D eigenvalue weighted by molar-refractivity contribution is 0.0785. The summed E-state index contributed by atoms with van der Waals surface area (Å²) < 4.78 is 25.0. The fraction of sp³-hybridized carbons (Fsp3) is 0.316. The number of hydrogen-bond donors (Lipinski definition) is 0. The average Bonchev–Trinajstić information content (AvgIpc) is 2.99. The van der Waals surface area contributed by atoms with Gasteiger partial charge in [-0.25, -0.2) is 8.42 Å². The minimum absolute atomic E-state index is 0.0659. The van der Waals surface area contributed by atoms with Crippen LogP contribution in [0.15, 0.2) is 42.5 Å². The number of sulfonamides is 1. The van der Waals surface area contributed by atoms with Crippen LogP contribution in [0, 0.1) is 6.92 Å². The highest BCUT2D eigenvalue weighted by Gasteiger charge is 2.27. The minimum atomic E-state index is -3.27. The maximum absolute atomic E-state index is 12.7. The fourth-order valence-corrected chi connectivity index (χ4v) is 4.14. The normalized spacial score (nSPS) is 13.6. The number of carbonyl (C=O) groups excluding carboxylic acids is 1. The third-order valence-electron chi connectivity index (χ3n) is 4.60. The van der Waals surface area contributed by atoms with E-state index in [1.165, 1.54) is 10.6 Å². The summed E-state index contributed by atoms with van der Waals surface area (Å²) in [5, 5.41) is 0. The summed E-state index contributed by atoms with van der Waals surface area (Å²) in [5.41, 5.74) is 4.44. The summed E-state index contributed by atoms with van der Waals surface area (Å²) in [7, 11) is -1.49. The SMILES string of the molecule is Cc1ccccc1CN(C)C(=O)c1ccc2c(c1)CCN2S(C)(=O)=O. The third-order valence-corrected chi connectivity index (χ3v) is 5.78. The number of amides is 1. The Bertz CT molecular complexity index is 922. The molecule has 0 bridgehead atoms. The van der Waals surface area contributed by atoms with E-state index >= 15 is 0 Å². The molecule has 0 fully saturated rings. The largest absolute Gasteiger partial charge is 0.337 e. The molecule has 5 nitrogen and oxygen atoms in total. The van der Waals surface area contributed by atoms with E-state index in [0.717, 1.165) is 16.7 Å². The van der Waals surface area contributed by atoms with E-state index in [1.54, 1.807) is 24.1 Å². The Kier molecular flexibility index (Phi) is 4.56. The van der Waals surface area contributed by atoms with Gasteiger partial charge in [-0.05, 0) is 48.2 Å². The van der Waals surface area contributed by atoms with Crippen molar-refractivity contribution in [2.24, 2.45) is 0 Å². The Morgan fingerprint density at radius 3 is 2.60 bits per heavy atom. The van der Waals surface area contributed by atoms with Crippen LogP contribution in [-0.4, -0.2) is 39.1 Å². The van der Waals surface area contributed by atoms with Crippen LogP contribution in [0.1, 0.15) is 27.0 Å². The summed E-state index contributed by atoms with van der Waals surface area (Å²) in [6.07, 6.45) is 1.84. The number of fused-ring (bicyclic) bond motifs is 1. The first-order valence-electron chi connectivity index (χ1n) is 8.18. The zero-order valence-electron chi connectivity index (χ0n) is 14.7. The van der Waals surface area contributed by atoms with Gasteiger partial charge >= 0.3 is 0 Å². The van der Waals surface area contributed by atoms with Crippen molar-refractivity contribution in [3.63, 3.8) is 0 Å². The van der Waals surface area contributed by atoms with E-state index in [2.05, 4.69) is 0 Å². The van der Waals surface area contributed by atoms with Crippen molar-refractivity contribution >= 4 is 21.6 Å². The van der Waals surface area contributed by atoms with Crippen LogP contribution in [-0.2, 0) is 23.0 Å². The molecule has 0 aliphatic carbocycles. The zero-order chi connectivity index (χ0) is 18.2. The third kappa shape index (κ3) is 3.54. The van der Waals surface area contributed by atoms with Gasteiger partial charge in [0.2, 0.25) is 10.0 Å². The predicted octanol–water partition coefficient (Wildman–Crippen LogP) is 2.59. The van der Waals surface area contributed by atoms with Gasteiger partial charge in [0.05, 0.1) is 11.9 Å². The Hall–Kier alpha value is -2.34. The second kappa shape index (κ2) is 6.52. The summed E-state index contributed by atoms with van der Waals surface area (Å²) in [6, 6.07) is 13.3. The molecule has 0 unspecified atom stereocenters.